The molecule has 0 rings (SSSR count). The van der Waals surface area contributed by atoms with Crippen molar-refractivity contribution in [3.8, 4) is 6.07 Å². The quantitative estimate of drug-likeness (QED) is 0.676. The molecule has 0 radical (unpaired) electrons. The molecule has 0 aliphatic rings. The Morgan fingerprint density at radius 2 is 1.93 bits per heavy atom. The second-order valence-electron chi connectivity index (χ2n) is 4.29. The van der Waals surface area contributed by atoms with E-state index in [4.69, 9.17) is 11.0 Å². The molecule has 0 aromatic rings. The van der Waals surface area contributed by atoms with E-state index in [9.17, 15) is 0 Å². The molecular formula is C11H23N3. The van der Waals surface area contributed by atoms with Crippen LogP contribution in [0, 0.1) is 11.3 Å². The van der Waals surface area contributed by atoms with Gasteiger partial charge in [0.1, 0.15) is 5.54 Å². The number of nitrogens with two attached hydrogens (primary N) is 1. The maximum Gasteiger partial charge on any atom is 0.101 e. The molecule has 0 aromatic carbocycles. The van der Waals surface area contributed by atoms with Crippen LogP contribution in [0.25, 0.3) is 0 Å². The third-order valence-electron chi connectivity index (χ3n) is 2.38. The Morgan fingerprint density at radius 3 is 2.43 bits per heavy atom. The zero-order valence-corrected chi connectivity index (χ0v) is 9.71. The van der Waals surface area contributed by atoms with Crippen molar-refractivity contribution in [1.82, 2.24) is 4.90 Å². The van der Waals surface area contributed by atoms with Gasteiger partial charge in [0.2, 0.25) is 0 Å². The lowest BCUT2D eigenvalue weighted by molar-refractivity contribution is 0.311. The number of hydrogen-bond acceptors (Lipinski definition) is 3. The van der Waals surface area contributed by atoms with Crippen molar-refractivity contribution < 1.29 is 0 Å². The summed E-state index contributed by atoms with van der Waals surface area (Å²) in [6.45, 7) is 6.17. The van der Waals surface area contributed by atoms with Gasteiger partial charge in [-0.05, 0) is 46.3 Å². The van der Waals surface area contributed by atoms with Gasteiger partial charge < -0.3 is 10.6 Å². The van der Waals surface area contributed by atoms with Crippen LogP contribution in [0.4, 0.5) is 0 Å². The summed E-state index contributed by atoms with van der Waals surface area (Å²) in [4.78, 5) is 2.30. The van der Waals surface area contributed by atoms with Gasteiger partial charge in [-0.1, -0.05) is 13.3 Å². The normalized spacial score (nSPS) is 15.1. The van der Waals surface area contributed by atoms with Gasteiger partial charge in [0.15, 0.2) is 0 Å². The van der Waals surface area contributed by atoms with Crippen LogP contribution in [0.5, 0.6) is 0 Å². The molecule has 0 heterocycles. The fraction of sp³-hybridized carbons (Fsp3) is 0.909. The summed E-state index contributed by atoms with van der Waals surface area (Å²) < 4.78 is 0. The second-order valence-corrected chi connectivity index (χ2v) is 4.29. The van der Waals surface area contributed by atoms with Crippen LogP contribution >= 0.6 is 0 Å². The van der Waals surface area contributed by atoms with E-state index in [2.05, 4.69) is 24.9 Å². The van der Waals surface area contributed by atoms with Crippen LogP contribution < -0.4 is 5.73 Å². The predicted octanol–water partition coefficient (Wildman–Crippen LogP) is 1.74. The van der Waals surface area contributed by atoms with Crippen molar-refractivity contribution in [2.75, 3.05) is 20.1 Å². The third kappa shape index (κ3) is 6.88. The van der Waals surface area contributed by atoms with Gasteiger partial charge in [-0.2, -0.15) is 5.26 Å². The van der Waals surface area contributed by atoms with E-state index < -0.39 is 5.54 Å². The highest BCUT2D eigenvalue weighted by atomic mass is 15.1. The smallest absolute Gasteiger partial charge is 0.101 e. The fourth-order valence-electron chi connectivity index (χ4n) is 1.31. The first-order chi connectivity index (χ1) is 6.52. The summed E-state index contributed by atoms with van der Waals surface area (Å²) in [5.74, 6) is 0. The fourth-order valence-corrected chi connectivity index (χ4v) is 1.31. The number of nitrogens with zero attached hydrogens (tertiary/aromatic N) is 2. The average Bonchev–Trinajstić information content (AvgIpc) is 2.14. The van der Waals surface area contributed by atoms with E-state index in [-0.39, 0.29) is 0 Å². The van der Waals surface area contributed by atoms with Gasteiger partial charge in [0.05, 0.1) is 6.07 Å². The molecular weight excluding hydrogens is 174 g/mol. The van der Waals surface area contributed by atoms with Crippen LogP contribution in [0.2, 0.25) is 0 Å². The lowest BCUT2D eigenvalue weighted by atomic mass is 9.99. The SMILES string of the molecule is CCCCN(C)CCCC(C)(N)C#N. The summed E-state index contributed by atoms with van der Waals surface area (Å²) in [5.41, 5.74) is 5.08. The van der Waals surface area contributed by atoms with Crippen molar-refractivity contribution in [2.45, 2.75) is 45.1 Å². The highest BCUT2D eigenvalue weighted by Gasteiger charge is 2.16. The highest BCUT2D eigenvalue weighted by Crippen LogP contribution is 2.07. The van der Waals surface area contributed by atoms with Crippen LogP contribution in [-0.4, -0.2) is 30.6 Å². The molecule has 3 nitrogen and oxygen atoms in total. The minimum atomic E-state index is -0.647. The lowest BCUT2D eigenvalue weighted by Crippen LogP contribution is -2.35. The van der Waals surface area contributed by atoms with E-state index in [0.29, 0.717) is 0 Å². The Labute approximate surface area is 87.9 Å². The molecule has 0 aromatic heterocycles. The summed E-state index contributed by atoms with van der Waals surface area (Å²) in [6.07, 6.45) is 4.26. The van der Waals surface area contributed by atoms with Gasteiger partial charge in [0, 0.05) is 0 Å². The Balaban J connectivity index is 3.50. The van der Waals surface area contributed by atoms with E-state index >= 15 is 0 Å². The first-order valence-corrected chi connectivity index (χ1v) is 5.40. The number of rotatable bonds is 7. The molecule has 14 heavy (non-hydrogen) atoms. The molecule has 0 aliphatic heterocycles. The molecule has 82 valence electrons. The summed E-state index contributed by atoms with van der Waals surface area (Å²) in [6, 6.07) is 2.12. The maximum atomic E-state index is 8.71. The minimum Gasteiger partial charge on any atom is -0.314 e. The molecule has 0 fully saturated rings. The van der Waals surface area contributed by atoms with Gasteiger partial charge >= 0.3 is 0 Å². The average molecular weight is 197 g/mol. The van der Waals surface area contributed by atoms with Crippen molar-refractivity contribution in [2.24, 2.45) is 5.73 Å². The van der Waals surface area contributed by atoms with Gasteiger partial charge in [-0.3, -0.25) is 0 Å². The van der Waals surface area contributed by atoms with Gasteiger partial charge in [-0.25, -0.2) is 0 Å². The van der Waals surface area contributed by atoms with Crippen molar-refractivity contribution in [3.63, 3.8) is 0 Å². The van der Waals surface area contributed by atoms with Crippen LogP contribution in [0.15, 0.2) is 0 Å². The predicted molar refractivity (Wildman–Crippen MR) is 59.8 cm³/mol. The molecule has 0 spiro atoms. The van der Waals surface area contributed by atoms with E-state index in [1.54, 1.807) is 6.92 Å². The molecule has 0 amide bonds. The van der Waals surface area contributed by atoms with E-state index in [1.807, 2.05) is 0 Å². The summed E-state index contributed by atoms with van der Waals surface area (Å²) >= 11 is 0. The summed E-state index contributed by atoms with van der Waals surface area (Å²) in [5, 5.41) is 8.71. The summed E-state index contributed by atoms with van der Waals surface area (Å²) in [7, 11) is 2.12. The van der Waals surface area contributed by atoms with Crippen molar-refractivity contribution >= 4 is 0 Å². The Kier molecular flexibility index (Phi) is 6.52. The van der Waals surface area contributed by atoms with Crippen molar-refractivity contribution in [3.05, 3.63) is 0 Å². The van der Waals surface area contributed by atoms with Crippen LogP contribution in [0.1, 0.15) is 39.5 Å². The Hall–Kier alpha value is -0.590. The molecule has 1 atom stereocenters. The van der Waals surface area contributed by atoms with Crippen LogP contribution in [0.3, 0.4) is 0 Å². The van der Waals surface area contributed by atoms with Crippen molar-refractivity contribution in [1.29, 1.82) is 5.26 Å². The second kappa shape index (κ2) is 6.80. The minimum absolute atomic E-state index is 0.647. The third-order valence-corrected chi connectivity index (χ3v) is 2.38. The first-order valence-electron chi connectivity index (χ1n) is 5.40. The zero-order valence-electron chi connectivity index (χ0n) is 9.71. The molecule has 0 aliphatic carbocycles. The largest absolute Gasteiger partial charge is 0.314 e. The first kappa shape index (κ1) is 13.4. The molecule has 2 N–H and O–H groups in total. The zero-order chi connectivity index (χ0) is 11.0. The Bertz CT molecular complexity index is 181. The number of unbranched alkanes of at least 4 members (excludes halogenated alkanes) is 1. The van der Waals surface area contributed by atoms with E-state index in [1.165, 1.54) is 12.8 Å². The topological polar surface area (TPSA) is 53.0 Å². The van der Waals surface area contributed by atoms with E-state index in [0.717, 1.165) is 25.9 Å². The number of nitriles is 1. The monoisotopic (exact) mass is 197 g/mol. The Morgan fingerprint density at radius 1 is 1.36 bits per heavy atom. The molecule has 3 heteroatoms. The molecule has 0 saturated carbocycles. The molecule has 0 saturated heterocycles. The molecule has 1 unspecified atom stereocenters. The standard InChI is InChI=1S/C11H23N3/c1-4-5-8-14(3)9-6-7-11(2,13)10-12/h4-9,13H2,1-3H3. The molecule has 0 bridgehead atoms. The lowest BCUT2D eigenvalue weighted by Gasteiger charge is -2.19. The number of hydrogen-bond donors (Lipinski definition) is 1. The van der Waals surface area contributed by atoms with Gasteiger partial charge in [0.25, 0.3) is 0 Å². The van der Waals surface area contributed by atoms with Gasteiger partial charge in [-0.15, -0.1) is 0 Å². The maximum absolute atomic E-state index is 8.71. The van der Waals surface area contributed by atoms with Crippen LogP contribution in [-0.2, 0) is 0 Å². The highest BCUT2D eigenvalue weighted by molar-refractivity contribution is 5.00.